The van der Waals surface area contributed by atoms with E-state index >= 15 is 0 Å². The summed E-state index contributed by atoms with van der Waals surface area (Å²) >= 11 is 0. The molecule has 7 aromatic rings. The van der Waals surface area contributed by atoms with E-state index in [9.17, 15) is 15.3 Å². The molecule has 0 spiro atoms. The van der Waals surface area contributed by atoms with Crippen molar-refractivity contribution in [2.45, 2.75) is 59.3 Å². The van der Waals surface area contributed by atoms with Crippen molar-refractivity contribution in [1.82, 2.24) is 15.0 Å². The highest BCUT2D eigenvalue weighted by atomic mass is 16.6. The lowest BCUT2D eigenvalue weighted by atomic mass is 9.78. The molecule has 702 valence electrons. The number of hydrogen-bond acceptors (Lipinski definition) is 30. The van der Waals surface area contributed by atoms with Crippen LogP contribution in [0.15, 0.2) is 110 Å². The number of aryl methyl sites for hydroxylation is 3. The van der Waals surface area contributed by atoms with Crippen molar-refractivity contribution < 1.29 is 129 Å². The van der Waals surface area contributed by atoms with E-state index in [1.54, 1.807) is 58.5 Å². The highest BCUT2D eigenvalue weighted by Gasteiger charge is 2.29. The Morgan fingerprint density at radius 1 is 0.198 bits per heavy atom. The molecule has 0 radical (unpaired) electrons. The van der Waals surface area contributed by atoms with Gasteiger partial charge in [0.05, 0.1) is 277 Å². The van der Waals surface area contributed by atoms with Crippen LogP contribution in [0.4, 0.5) is 0 Å². The summed E-state index contributed by atoms with van der Waals surface area (Å²) in [6.45, 7) is 27.2. The van der Waals surface area contributed by atoms with Gasteiger partial charge in [-0.1, -0.05) is 0 Å². The molecule has 3 aromatic heterocycles. The Kier molecular flexibility index (Phi) is 58.5. The van der Waals surface area contributed by atoms with Crippen LogP contribution in [0.2, 0.25) is 0 Å². The zero-order chi connectivity index (χ0) is 89.0. The summed E-state index contributed by atoms with van der Waals surface area (Å²) in [5.74, 6) is 0.190. The third-order valence-electron chi connectivity index (χ3n) is 19.8. The molecule has 7 rings (SSSR count). The minimum Gasteiger partial charge on any atom is -0.507 e. The molecule has 3 heterocycles. The summed E-state index contributed by atoms with van der Waals surface area (Å²) < 4.78 is 134. The van der Waals surface area contributed by atoms with Crippen LogP contribution < -0.4 is 0 Å². The Balaban J connectivity index is 1.04. The highest BCUT2D eigenvalue weighted by Crippen LogP contribution is 2.53. The molecular weight excluding hydrogens is 1630 g/mol. The van der Waals surface area contributed by atoms with E-state index < -0.39 is 0 Å². The third-order valence-corrected chi connectivity index (χ3v) is 19.8. The molecule has 0 aliphatic carbocycles. The average molecular weight is 1770 g/mol. The number of benzene rings is 4. The minimum atomic E-state index is 0.0633. The second kappa shape index (κ2) is 69.7. The fourth-order valence-electron chi connectivity index (χ4n) is 13.6. The van der Waals surface area contributed by atoms with Gasteiger partial charge in [-0.25, -0.2) is 0 Å². The van der Waals surface area contributed by atoms with Gasteiger partial charge in [0, 0.05) is 112 Å². The predicted molar refractivity (Wildman–Crippen MR) is 479 cm³/mol. The van der Waals surface area contributed by atoms with Crippen LogP contribution in [0.25, 0.3) is 66.8 Å². The molecule has 30 heteroatoms. The van der Waals surface area contributed by atoms with Crippen molar-refractivity contribution in [3.8, 4) is 84.0 Å². The first-order valence-electron chi connectivity index (χ1n) is 44.2. The maximum atomic E-state index is 13.1. The molecule has 3 N–H and O–H groups in total. The van der Waals surface area contributed by atoms with Crippen molar-refractivity contribution in [3.63, 3.8) is 0 Å². The normalized spacial score (nSPS) is 11.7. The highest BCUT2D eigenvalue weighted by molar-refractivity contribution is 5.99. The summed E-state index contributed by atoms with van der Waals surface area (Å²) in [6, 6.07) is 23.7. The van der Waals surface area contributed by atoms with Gasteiger partial charge in [0.1, 0.15) is 17.2 Å². The van der Waals surface area contributed by atoms with E-state index in [-0.39, 0.29) is 17.2 Å². The molecule has 30 nitrogen and oxygen atoms in total. The van der Waals surface area contributed by atoms with E-state index in [4.69, 9.17) is 114 Å². The van der Waals surface area contributed by atoms with Gasteiger partial charge in [-0.15, -0.1) is 0 Å². The third kappa shape index (κ3) is 43.0. The zero-order valence-corrected chi connectivity index (χ0v) is 75.4. The molecule has 0 aliphatic heterocycles. The van der Waals surface area contributed by atoms with Gasteiger partial charge in [-0.2, -0.15) is 0 Å². The van der Waals surface area contributed by atoms with Crippen LogP contribution in [0, 0.1) is 20.8 Å². The molecule has 4 aromatic carbocycles. The SMILES string of the molecule is COCCOCCOCCOCCOCCOCCOCCOCCCc1cc(-c2ccncc2)c(O)c(-c2c(C)c(-c3cc(CCCOCCOCCOCCOCCOCCOCCOCCOC)cc(-c4ccncc4)c3O)c(C)c(-c3cc(CCCOCCOCCOCCOCCOCCOCCOCCOC)cc(-c4ccncc4)c3O)c2C)c1. The summed E-state index contributed by atoms with van der Waals surface area (Å²) in [4.78, 5) is 13.1. The smallest absolute Gasteiger partial charge is 0.131 e. The number of hydrogen-bond donors (Lipinski definition) is 3. The monoisotopic (exact) mass is 1770 g/mol. The molecule has 126 heavy (non-hydrogen) atoms. The maximum absolute atomic E-state index is 13.1. The van der Waals surface area contributed by atoms with Gasteiger partial charge in [-0.3, -0.25) is 15.0 Å². The molecule has 0 bridgehead atoms. The summed E-state index contributed by atoms with van der Waals surface area (Å²) in [5.41, 5.74) is 13.4. The summed E-state index contributed by atoms with van der Waals surface area (Å²) in [7, 11) is 4.92. The van der Waals surface area contributed by atoms with Crippen molar-refractivity contribution in [3.05, 3.63) is 143 Å². The number of phenolic OH excluding ortho intramolecular Hbond substituents is 3. The quantitative estimate of drug-likeness (QED) is 0.0298. The van der Waals surface area contributed by atoms with E-state index in [0.29, 0.717) is 369 Å². The van der Waals surface area contributed by atoms with Gasteiger partial charge in [0.15, 0.2) is 0 Å². The van der Waals surface area contributed by atoms with E-state index in [0.717, 1.165) is 66.8 Å². The molecule has 0 atom stereocenters. The lowest BCUT2D eigenvalue weighted by molar-refractivity contribution is -0.0221. The Bertz CT molecular complexity index is 3480. The van der Waals surface area contributed by atoms with Crippen LogP contribution in [0.5, 0.6) is 17.2 Å². The molecule has 0 saturated heterocycles. The number of methoxy groups -OCH3 is 3. The van der Waals surface area contributed by atoms with Crippen LogP contribution in [-0.2, 0) is 133 Å². The molecule has 0 amide bonds. The largest absolute Gasteiger partial charge is 0.507 e. The van der Waals surface area contributed by atoms with Gasteiger partial charge < -0.3 is 129 Å². The van der Waals surface area contributed by atoms with Gasteiger partial charge in [0.25, 0.3) is 0 Å². The number of ether oxygens (including phenoxy) is 24. The molecular formula is C96H141N3O27. The van der Waals surface area contributed by atoms with Crippen LogP contribution >= 0.6 is 0 Å². The predicted octanol–water partition coefficient (Wildman–Crippen LogP) is 12.0. The second-order valence-corrected chi connectivity index (χ2v) is 29.0. The summed E-state index contributed by atoms with van der Waals surface area (Å²) in [5, 5.41) is 39.4. The molecule has 0 fully saturated rings. The molecule has 0 saturated carbocycles. The van der Waals surface area contributed by atoms with Gasteiger partial charge >= 0.3 is 0 Å². The van der Waals surface area contributed by atoms with Gasteiger partial charge in [-0.05, 0) is 199 Å². The second-order valence-electron chi connectivity index (χ2n) is 29.0. The Morgan fingerprint density at radius 3 is 0.500 bits per heavy atom. The summed E-state index contributed by atoms with van der Waals surface area (Å²) in [6.07, 6.45) is 14.1. The minimum absolute atomic E-state index is 0.0633. The van der Waals surface area contributed by atoms with E-state index in [1.165, 1.54) is 0 Å². The number of aromatic hydroxyl groups is 3. The lowest BCUT2D eigenvalue weighted by Gasteiger charge is -2.27. The number of aromatic nitrogens is 3. The Morgan fingerprint density at radius 2 is 0.341 bits per heavy atom. The lowest BCUT2D eigenvalue weighted by Crippen LogP contribution is -2.14. The zero-order valence-electron chi connectivity index (χ0n) is 75.4. The van der Waals surface area contributed by atoms with Crippen molar-refractivity contribution >= 4 is 0 Å². The first kappa shape index (κ1) is 106. The van der Waals surface area contributed by atoms with Crippen LogP contribution in [0.3, 0.4) is 0 Å². The molecule has 0 unspecified atom stereocenters. The Hall–Kier alpha value is -7.23. The number of phenols is 3. The van der Waals surface area contributed by atoms with E-state index in [1.807, 2.05) is 54.6 Å². The Labute approximate surface area is 745 Å². The fraction of sp³-hybridized carbons (Fsp3) is 0.594. The van der Waals surface area contributed by atoms with Gasteiger partial charge in [0.2, 0.25) is 0 Å². The van der Waals surface area contributed by atoms with E-state index in [2.05, 4.69) is 53.9 Å². The topological polar surface area (TPSA) is 321 Å². The molecule has 0 aliphatic rings. The first-order valence-corrected chi connectivity index (χ1v) is 44.2. The van der Waals surface area contributed by atoms with Crippen LogP contribution in [0.1, 0.15) is 52.6 Å². The van der Waals surface area contributed by atoms with Crippen molar-refractivity contribution in [1.29, 1.82) is 0 Å². The first-order chi connectivity index (χ1) is 62.2. The number of rotatable bonds is 81. The fourth-order valence-corrected chi connectivity index (χ4v) is 13.6. The maximum Gasteiger partial charge on any atom is 0.131 e. The number of pyridine rings is 3. The number of nitrogens with zero attached hydrogens (tertiary/aromatic N) is 3. The van der Waals surface area contributed by atoms with Crippen molar-refractivity contribution in [2.24, 2.45) is 0 Å². The van der Waals surface area contributed by atoms with Crippen LogP contribution in [-0.4, -0.2) is 349 Å². The van der Waals surface area contributed by atoms with Crippen molar-refractivity contribution in [2.75, 3.05) is 319 Å². The average Bonchev–Trinajstić information content (AvgIpc) is 0.727. The standard InChI is InChI=1S/C96H141N3O27/c1-76-91(88-73-79(70-85(94(88)100)82-13-19-97-20-14-82)10-7-25-106-34-37-112-46-49-118-58-61-124-67-64-121-55-52-115-43-40-109-31-28-103-4)77(2)93(90-75-81(72-87(96(90)102)84-17-23-99-24-18-84)12-9-27-108-36-39-114-48-51-120-60-63-126-69-66-123-57-54-117-45-42-111-33-30-105-6)78(3)92(76)89-74-80(71-86(95(89)101)83-15-21-98-22-16-83)11-8-26-107-35-38-113-47-50-119-59-62-125-68-65-122-56-53-116-44-41-110-32-29-104-5/h13-24,70-75,100-102H,7-12,25-69H2,1-6H3.